The lowest BCUT2D eigenvalue weighted by atomic mass is 10.00. The third-order valence-corrected chi connectivity index (χ3v) is 2.75. The van der Waals surface area contributed by atoms with Crippen molar-refractivity contribution in [3.63, 3.8) is 0 Å². The van der Waals surface area contributed by atoms with Crippen LogP contribution in [0.25, 0.3) is 0 Å². The summed E-state index contributed by atoms with van der Waals surface area (Å²) < 4.78 is 5.45. The van der Waals surface area contributed by atoms with E-state index in [2.05, 4.69) is 5.32 Å². The molecule has 1 aromatic rings. The van der Waals surface area contributed by atoms with Crippen molar-refractivity contribution in [2.75, 3.05) is 6.54 Å². The highest BCUT2D eigenvalue weighted by Crippen LogP contribution is 2.26. The zero-order chi connectivity index (χ0) is 11.5. The Labute approximate surface area is 94.2 Å². The van der Waals surface area contributed by atoms with Gasteiger partial charge in [0.25, 0.3) is 0 Å². The van der Waals surface area contributed by atoms with Crippen molar-refractivity contribution in [3.05, 3.63) is 29.3 Å². The Morgan fingerprint density at radius 3 is 3.12 bits per heavy atom. The van der Waals surface area contributed by atoms with Crippen molar-refractivity contribution in [1.82, 2.24) is 5.32 Å². The van der Waals surface area contributed by atoms with E-state index < -0.39 is 12.1 Å². The van der Waals surface area contributed by atoms with Crippen LogP contribution < -0.4 is 10.1 Å². The predicted molar refractivity (Wildman–Crippen MR) is 59.6 cm³/mol. The van der Waals surface area contributed by atoms with Crippen molar-refractivity contribution in [2.45, 2.75) is 26.0 Å². The van der Waals surface area contributed by atoms with Gasteiger partial charge in [0.1, 0.15) is 5.75 Å². The van der Waals surface area contributed by atoms with Crippen LogP contribution in [0.4, 0.5) is 0 Å². The molecule has 4 nitrogen and oxygen atoms in total. The third-order valence-electron chi connectivity index (χ3n) is 2.75. The van der Waals surface area contributed by atoms with E-state index >= 15 is 0 Å². The first kappa shape index (κ1) is 11.0. The molecule has 2 N–H and O–H groups in total. The SMILES string of the molecule is CC(Oc1cccc2c1CCNC2)C(=O)O. The van der Waals surface area contributed by atoms with Crippen LogP contribution in [0.3, 0.4) is 0 Å². The molecule has 0 saturated carbocycles. The van der Waals surface area contributed by atoms with Gasteiger partial charge in [-0.1, -0.05) is 12.1 Å². The zero-order valence-electron chi connectivity index (χ0n) is 9.19. The summed E-state index contributed by atoms with van der Waals surface area (Å²) in [6, 6.07) is 5.78. The number of benzene rings is 1. The van der Waals surface area contributed by atoms with E-state index in [0.29, 0.717) is 5.75 Å². The molecule has 0 aliphatic carbocycles. The number of hydrogen-bond donors (Lipinski definition) is 2. The van der Waals surface area contributed by atoms with Gasteiger partial charge in [-0.2, -0.15) is 0 Å². The normalized spacial score (nSPS) is 16.3. The lowest BCUT2D eigenvalue weighted by Gasteiger charge is -2.21. The first-order valence-electron chi connectivity index (χ1n) is 5.39. The fraction of sp³-hybridized carbons (Fsp3) is 0.417. The van der Waals surface area contributed by atoms with Gasteiger partial charge in [-0.15, -0.1) is 0 Å². The predicted octanol–water partition coefficient (Wildman–Crippen LogP) is 1.18. The van der Waals surface area contributed by atoms with E-state index in [1.807, 2.05) is 18.2 Å². The Morgan fingerprint density at radius 1 is 1.56 bits per heavy atom. The van der Waals surface area contributed by atoms with Gasteiger partial charge < -0.3 is 15.2 Å². The minimum absolute atomic E-state index is 0.703. The molecule has 4 heteroatoms. The fourth-order valence-electron chi connectivity index (χ4n) is 1.85. The van der Waals surface area contributed by atoms with E-state index in [0.717, 1.165) is 25.1 Å². The van der Waals surface area contributed by atoms with E-state index in [-0.39, 0.29) is 0 Å². The maximum absolute atomic E-state index is 10.7. The molecule has 1 heterocycles. The standard InChI is InChI=1S/C12H15NO3/c1-8(12(14)15)16-11-4-2-3-9-7-13-6-5-10(9)11/h2-4,8,13H,5-7H2,1H3,(H,14,15). The molecule has 0 radical (unpaired) electrons. The average Bonchev–Trinajstić information content (AvgIpc) is 2.29. The maximum Gasteiger partial charge on any atom is 0.344 e. The van der Waals surface area contributed by atoms with Crippen LogP contribution in [0.1, 0.15) is 18.1 Å². The maximum atomic E-state index is 10.7. The van der Waals surface area contributed by atoms with Crippen molar-refractivity contribution < 1.29 is 14.6 Å². The fourth-order valence-corrected chi connectivity index (χ4v) is 1.85. The molecule has 0 aromatic heterocycles. The molecule has 1 atom stereocenters. The Balaban J connectivity index is 2.24. The second-order valence-electron chi connectivity index (χ2n) is 3.92. The van der Waals surface area contributed by atoms with Gasteiger partial charge in [0.2, 0.25) is 0 Å². The number of carboxylic acid groups (broad SMARTS) is 1. The van der Waals surface area contributed by atoms with E-state index in [1.165, 1.54) is 5.56 Å². The van der Waals surface area contributed by atoms with Gasteiger partial charge in [-0.05, 0) is 37.1 Å². The van der Waals surface area contributed by atoms with Gasteiger partial charge >= 0.3 is 5.97 Å². The van der Waals surface area contributed by atoms with Crippen LogP contribution in [0.5, 0.6) is 5.75 Å². The van der Waals surface area contributed by atoms with Crippen LogP contribution >= 0.6 is 0 Å². The highest BCUT2D eigenvalue weighted by Gasteiger charge is 2.18. The van der Waals surface area contributed by atoms with Gasteiger partial charge in [-0.25, -0.2) is 4.79 Å². The third kappa shape index (κ3) is 2.17. The molecule has 16 heavy (non-hydrogen) atoms. The molecule has 0 fully saturated rings. The van der Waals surface area contributed by atoms with Gasteiger partial charge in [0, 0.05) is 6.54 Å². The molecule has 0 spiro atoms. The first-order chi connectivity index (χ1) is 7.68. The molecule has 1 unspecified atom stereocenters. The molecule has 0 saturated heterocycles. The first-order valence-corrected chi connectivity index (χ1v) is 5.39. The number of carboxylic acids is 1. The molecular weight excluding hydrogens is 206 g/mol. The van der Waals surface area contributed by atoms with Gasteiger partial charge in [-0.3, -0.25) is 0 Å². The Hall–Kier alpha value is -1.55. The van der Waals surface area contributed by atoms with Crippen LogP contribution in [-0.4, -0.2) is 23.7 Å². The van der Waals surface area contributed by atoms with Crippen molar-refractivity contribution >= 4 is 5.97 Å². The summed E-state index contributed by atoms with van der Waals surface area (Å²) in [5.74, 6) is -0.236. The smallest absolute Gasteiger partial charge is 0.344 e. The van der Waals surface area contributed by atoms with Crippen molar-refractivity contribution in [1.29, 1.82) is 0 Å². The summed E-state index contributed by atoms with van der Waals surface area (Å²) in [6.07, 6.45) is 0.0825. The zero-order valence-corrected chi connectivity index (χ0v) is 9.19. The van der Waals surface area contributed by atoms with Gasteiger partial charge in [0.05, 0.1) is 0 Å². The quantitative estimate of drug-likeness (QED) is 0.804. The molecule has 1 aliphatic heterocycles. The lowest BCUT2D eigenvalue weighted by molar-refractivity contribution is -0.144. The van der Waals surface area contributed by atoms with Crippen LogP contribution in [-0.2, 0) is 17.8 Å². The summed E-state index contributed by atoms with van der Waals surface area (Å²) in [5.41, 5.74) is 2.33. The second kappa shape index (κ2) is 4.53. The number of hydrogen-bond acceptors (Lipinski definition) is 3. The number of aliphatic carboxylic acids is 1. The van der Waals surface area contributed by atoms with Crippen molar-refractivity contribution in [3.8, 4) is 5.75 Å². The van der Waals surface area contributed by atoms with Crippen LogP contribution in [0.2, 0.25) is 0 Å². The Morgan fingerprint density at radius 2 is 2.38 bits per heavy atom. The molecule has 86 valence electrons. The summed E-state index contributed by atoms with van der Waals surface area (Å²) in [5, 5.41) is 12.1. The number of rotatable bonds is 3. The minimum atomic E-state index is -0.938. The minimum Gasteiger partial charge on any atom is -0.479 e. The Kier molecular flexibility index (Phi) is 3.10. The number of carbonyl (C=O) groups is 1. The highest BCUT2D eigenvalue weighted by molar-refractivity contribution is 5.72. The second-order valence-corrected chi connectivity index (χ2v) is 3.92. The Bertz CT molecular complexity index is 403. The van der Waals surface area contributed by atoms with Gasteiger partial charge in [0.15, 0.2) is 6.10 Å². The highest BCUT2D eigenvalue weighted by atomic mass is 16.5. The summed E-state index contributed by atoms with van der Waals surface area (Å²) in [7, 11) is 0. The summed E-state index contributed by atoms with van der Waals surface area (Å²) in [4.78, 5) is 10.7. The number of ether oxygens (including phenoxy) is 1. The molecule has 1 aromatic carbocycles. The average molecular weight is 221 g/mol. The molecule has 0 amide bonds. The largest absolute Gasteiger partial charge is 0.479 e. The molecule has 2 rings (SSSR count). The molecule has 1 aliphatic rings. The van der Waals surface area contributed by atoms with Crippen LogP contribution in [0.15, 0.2) is 18.2 Å². The van der Waals surface area contributed by atoms with E-state index in [1.54, 1.807) is 6.92 Å². The molecule has 0 bridgehead atoms. The molecular formula is C12H15NO3. The number of nitrogens with one attached hydrogen (secondary N) is 1. The van der Waals surface area contributed by atoms with Crippen LogP contribution in [0, 0.1) is 0 Å². The topological polar surface area (TPSA) is 58.6 Å². The van der Waals surface area contributed by atoms with E-state index in [9.17, 15) is 4.79 Å². The number of fused-ring (bicyclic) bond motifs is 1. The summed E-state index contributed by atoms with van der Waals surface area (Å²) >= 11 is 0. The van der Waals surface area contributed by atoms with Crippen molar-refractivity contribution in [2.24, 2.45) is 0 Å². The summed E-state index contributed by atoms with van der Waals surface area (Å²) in [6.45, 7) is 3.28. The monoisotopic (exact) mass is 221 g/mol. The lowest BCUT2D eigenvalue weighted by Crippen LogP contribution is -2.27. The van der Waals surface area contributed by atoms with E-state index in [4.69, 9.17) is 9.84 Å².